The van der Waals surface area contributed by atoms with Gasteiger partial charge in [-0.2, -0.15) is 5.10 Å². The third kappa shape index (κ3) is 4.18. The summed E-state index contributed by atoms with van der Waals surface area (Å²) in [7, 11) is 0. The van der Waals surface area contributed by atoms with Crippen molar-refractivity contribution < 1.29 is 13.9 Å². The molecule has 1 atom stereocenters. The van der Waals surface area contributed by atoms with Crippen molar-refractivity contribution in [2.45, 2.75) is 13.0 Å². The number of rotatable bonds is 5. The van der Waals surface area contributed by atoms with Gasteiger partial charge in [-0.25, -0.2) is 19.0 Å². The van der Waals surface area contributed by atoms with Crippen molar-refractivity contribution in [3.63, 3.8) is 0 Å². The van der Waals surface area contributed by atoms with Crippen LogP contribution in [0.25, 0.3) is 5.82 Å². The van der Waals surface area contributed by atoms with E-state index in [1.807, 2.05) is 0 Å². The molecule has 0 saturated heterocycles. The SMILES string of the molecule is C[C@H](Oc1ccc(F)cc1Br)C(=O)Nc1ccc(-n2cncn2)nc1. The van der Waals surface area contributed by atoms with E-state index in [9.17, 15) is 9.18 Å². The number of hydrogen-bond donors (Lipinski definition) is 1. The van der Waals surface area contributed by atoms with Gasteiger partial charge in [0.15, 0.2) is 11.9 Å². The molecule has 2 heterocycles. The number of pyridine rings is 1. The van der Waals surface area contributed by atoms with E-state index in [0.29, 0.717) is 21.7 Å². The largest absolute Gasteiger partial charge is 0.480 e. The molecule has 0 bridgehead atoms. The summed E-state index contributed by atoms with van der Waals surface area (Å²) in [4.78, 5) is 20.3. The fourth-order valence-corrected chi connectivity index (χ4v) is 2.43. The first-order valence-electron chi connectivity index (χ1n) is 7.26. The summed E-state index contributed by atoms with van der Waals surface area (Å²) in [5.41, 5.74) is 0.516. The number of halogens is 2. The molecule has 0 radical (unpaired) electrons. The molecular formula is C16H13BrFN5O2. The van der Waals surface area contributed by atoms with Crippen LogP contribution in [0, 0.1) is 5.82 Å². The van der Waals surface area contributed by atoms with E-state index in [0.717, 1.165) is 0 Å². The van der Waals surface area contributed by atoms with Gasteiger partial charge >= 0.3 is 0 Å². The second-order valence-electron chi connectivity index (χ2n) is 5.07. The van der Waals surface area contributed by atoms with Gasteiger partial charge in [-0.15, -0.1) is 0 Å². The van der Waals surface area contributed by atoms with Crippen molar-refractivity contribution in [2.75, 3.05) is 5.32 Å². The molecule has 0 spiro atoms. The number of nitrogens with zero attached hydrogens (tertiary/aromatic N) is 4. The van der Waals surface area contributed by atoms with E-state index >= 15 is 0 Å². The van der Waals surface area contributed by atoms with E-state index in [1.54, 1.807) is 19.1 Å². The van der Waals surface area contributed by atoms with Crippen LogP contribution in [-0.2, 0) is 4.79 Å². The third-order valence-corrected chi connectivity index (χ3v) is 3.86. The minimum atomic E-state index is -0.781. The number of hydrogen-bond acceptors (Lipinski definition) is 5. The molecule has 1 aromatic carbocycles. The van der Waals surface area contributed by atoms with E-state index in [-0.39, 0.29) is 5.91 Å². The summed E-state index contributed by atoms with van der Waals surface area (Å²) >= 11 is 3.20. The van der Waals surface area contributed by atoms with Crippen LogP contribution >= 0.6 is 15.9 Å². The number of carbonyl (C=O) groups excluding carboxylic acids is 1. The van der Waals surface area contributed by atoms with Crippen molar-refractivity contribution >= 4 is 27.5 Å². The van der Waals surface area contributed by atoms with Gasteiger partial charge in [0, 0.05) is 0 Å². The summed E-state index contributed by atoms with van der Waals surface area (Å²) in [5, 5.41) is 6.68. The molecule has 0 aliphatic rings. The van der Waals surface area contributed by atoms with Crippen LogP contribution in [0.2, 0.25) is 0 Å². The van der Waals surface area contributed by atoms with Gasteiger partial charge in [0.2, 0.25) is 0 Å². The molecule has 7 nitrogen and oxygen atoms in total. The highest BCUT2D eigenvalue weighted by Crippen LogP contribution is 2.26. The molecule has 0 fully saturated rings. The average molecular weight is 406 g/mol. The fourth-order valence-electron chi connectivity index (χ4n) is 1.98. The average Bonchev–Trinajstić information content (AvgIpc) is 3.12. The van der Waals surface area contributed by atoms with E-state index in [1.165, 1.54) is 41.7 Å². The summed E-state index contributed by atoms with van der Waals surface area (Å²) < 4.78 is 20.6. The van der Waals surface area contributed by atoms with Crippen molar-refractivity contribution in [1.82, 2.24) is 19.7 Å². The van der Waals surface area contributed by atoms with Crippen LogP contribution in [0.3, 0.4) is 0 Å². The first-order chi connectivity index (χ1) is 12.0. The zero-order chi connectivity index (χ0) is 17.8. The van der Waals surface area contributed by atoms with Crippen LogP contribution < -0.4 is 10.1 Å². The minimum absolute atomic E-state index is 0.355. The summed E-state index contributed by atoms with van der Waals surface area (Å²) in [6.07, 6.45) is 3.66. The predicted molar refractivity (Wildman–Crippen MR) is 92.0 cm³/mol. The van der Waals surface area contributed by atoms with Crippen LogP contribution in [0.1, 0.15) is 6.92 Å². The van der Waals surface area contributed by atoms with Gasteiger partial charge in [0.05, 0.1) is 16.4 Å². The van der Waals surface area contributed by atoms with Crippen LogP contribution in [-0.4, -0.2) is 31.8 Å². The van der Waals surface area contributed by atoms with Gasteiger partial charge in [-0.05, 0) is 53.2 Å². The van der Waals surface area contributed by atoms with Crippen LogP contribution in [0.4, 0.5) is 10.1 Å². The van der Waals surface area contributed by atoms with Crippen molar-refractivity contribution in [1.29, 1.82) is 0 Å². The van der Waals surface area contributed by atoms with E-state index in [4.69, 9.17) is 4.74 Å². The second-order valence-corrected chi connectivity index (χ2v) is 5.92. The summed E-state index contributed by atoms with van der Waals surface area (Å²) in [5.74, 6) is 0.208. The van der Waals surface area contributed by atoms with Crippen LogP contribution in [0.5, 0.6) is 5.75 Å². The molecule has 1 amide bonds. The highest BCUT2D eigenvalue weighted by molar-refractivity contribution is 9.10. The van der Waals surface area contributed by atoms with E-state index < -0.39 is 11.9 Å². The molecule has 0 aliphatic heterocycles. The number of aromatic nitrogens is 4. The quantitative estimate of drug-likeness (QED) is 0.705. The summed E-state index contributed by atoms with van der Waals surface area (Å²) in [6.45, 7) is 1.60. The molecular weight excluding hydrogens is 393 g/mol. The molecule has 9 heteroatoms. The lowest BCUT2D eigenvalue weighted by Crippen LogP contribution is -2.30. The Hall–Kier alpha value is -2.81. The van der Waals surface area contributed by atoms with Gasteiger partial charge in [0.25, 0.3) is 5.91 Å². The smallest absolute Gasteiger partial charge is 0.265 e. The third-order valence-electron chi connectivity index (χ3n) is 3.24. The molecule has 3 aromatic rings. The molecule has 128 valence electrons. The monoisotopic (exact) mass is 405 g/mol. The first kappa shape index (κ1) is 17.0. The maximum atomic E-state index is 13.1. The Bertz CT molecular complexity index is 871. The Morgan fingerprint density at radius 1 is 1.36 bits per heavy atom. The Labute approximate surface area is 151 Å². The maximum Gasteiger partial charge on any atom is 0.265 e. The highest BCUT2D eigenvalue weighted by atomic mass is 79.9. The fraction of sp³-hybridized carbons (Fsp3) is 0.125. The van der Waals surface area contributed by atoms with E-state index in [2.05, 4.69) is 36.3 Å². The molecule has 1 N–H and O–H groups in total. The minimum Gasteiger partial charge on any atom is -0.480 e. The van der Waals surface area contributed by atoms with Gasteiger partial charge in [0.1, 0.15) is 24.2 Å². The lowest BCUT2D eigenvalue weighted by atomic mass is 10.3. The number of amides is 1. The zero-order valence-corrected chi connectivity index (χ0v) is 14.6. The Morgan fingerprint density at radius 2 is 2.20 bits per heavy atom. The molecule has 0 unspecified atom stereocenters. The molecule has 25 heavy (non-hydrogen) atoms. The van der Waals surface area contributed by atoms with Gasteiger partial charge < -0.3 is 10.1 Å². The number of anilines is 1. The molecule has 0 saturated carbocycles. The lowest BCUT2D eigenvalue weighted by molar-refractivity contribution is -0.122. The lowest BCUT2D eigenvalue weighted by Gasteiger charge is -2.15. The second kappa shape index (κ2) is 7.39. The standard InChI is InChI=1S/C16H13BrFN5O2/c1-10(25-14-4-2-11(18)6-13(14)17)16(24)22-12-3-5-15(20-7-12)23-9-19-8-21-23/h2-10H,1H3,(H,22,24)/t10-/m0/s1. The van der Waals surface area contributed by atoms with Crippen molar-refractivity contribution in [3.05, 3.63) is 59.5 Å². The first-order valence-corrected chi connectivity index (χ1v) is 8.06. The molecule has 3 rings (SSSR count). The zero-order valence-electron chi connectivity index (χ0n) is 13.1. The van der Waals surface area contributed by atoms with Gasteiger partial charge in [-0.3, -0.25) is 4.79 Å². The highest BCUT2D eigenvalue weighted by Gasteiger charge is 2.16. The van der Waals surface area contributed by atoms with Crippen molar-refractivity contribution in [2.24, 2.45) is 0 Å². The number of carbonyl (C=O) groups is 1. The number of benzene rings is 1. The molecule has 2 aromatic heterocycles. The summed E-state index contributed by atoms with van der Waals surface area (Å²) in [6, 6.07) is 7.39. The van der Waals surface area contributed by atoms with Crippen LogP contribution in [0.15, 0.2) is 53.7 Å². The number of nitrogens with one attached hydrogen (secondary N) is 1. The number of ether oxygens (including phenoxy) is 1. The Kier molecular flexibility index (Phi) is 5.03. The Morgan fingerprint density at radius 3 is 2.84 bits per heavy atom. The van der Waals surface area contributed by atoms with Gasteiger partial charge in [-0.1, -0.05) is 0 Å². The maximum absolute atomic E-state index is 13.1. The normalized spacial score (nSPS) is 11.8. The Balaban J connectivity index is 1.63. The topological polar surface area (TPSA) is 81.9 Å². The van der Waals surface area contributed by atoms with Crippen molar-refractivity contribution in [3.8, 4) is 11.6 Å². The molecule has 0 aliphatic carbocycles. The predicted octanol–water partition coefficient (Wildman–Crippen LogP) is 2.97.